The van der Waals surface area contributed by atoms with Crippen LogP contribution in [0.5, 0.6) is 0 Å². The third-order valence-corrected chi connectivity index (χ3v) is 13.9. The molecule has 33 nitrogen and oxygen atoms in total. The Kier molecular flexibility index (Phi) is 26.1. The number of nitrogens with one attached hydrogen (secondary N) is 6. The monoisotopic (exact) mass is 1210 g/mol. The van der Waals surface area contributed by atoms with Crippen LogP contribution in [0.15, 0.2) is 45.4 Å². The van der Waals surface area contributed by atoms with Crippen molar-refractivity contribution in [2.75, 3.05) is 29.9 Å². The summed E-state index contributed by atoms with van der Waals surface area (Å²) in [4.78, 5) is 197. The molecule has 1 aliphatic rings. The van der Waals surface area contributed by atoms with E-state index in [2.05, 4.69) is 56.7 Å². The molecule has 3 aromatic rings. The molecule has 2 aromatic heterocycles. The second-order valence-corrected chi connectivity index (χ2v) is 20.7. The van der Waals surface area contributed by atoms with Gasteiger partial charge < -0.3 is 63.7 Å². The van der Waals surface area contributed by atoms with Crippen molar-refractivity contribution in [3.8, 4) is 0 Å². The third-order valence-electron chi connectivity index (χ3n) is 12.6. The maximum Gasteiger partial charge on any atom is 0.327 e. The van der Waals surface area contributed by atoms with Crippen molar-refractivity contribution >= 4 is 123 Å². The lowest BCUT2D eigenvalue weighted by atomic mass is 9.91. The summed E-state index contributed by atoms with van der Waals surface area (Å²) in [5.41, 5.74) is 19.4. The molecule has 6 atom stereocenters. The zero-order valence-corrected chi connectivity index (χ0v) is 46.8. The lowest BCUT2D eigenvalue weighted by Gasteiger charge is -2.24. The topological polar surface area (TPSA) is 541 Å². The number of carbonyl (C=O) groups excluding carboxylic acids is 9. The van der Waals surface area contributed by atoms with E-state index in [1.807, 2.05) is 0 Å². The lowest BCUT2D eigenvalue weighted by molar-refractivity contribution is -0.144. The number of ketones is 3. The van der Waals surface area contributed by atoms with Gasteiger partial charge in [0.25, 0.3) is 11.5 Å². The number of hydrogen-bond acceptors (Lipinski definition) is 22. The number of benzene rings is 1. The number of aromatic amines is 1. The van der Waals surface area contributed by atoms with Crippen molar-refractivity contribution in [3.63, 3.8) is 0 Å². The van der Waals surface area contributed by atoms with Crippen LogP contribution < -0.4 is 49.5 Å². The van der Waals surface area contributed by atoms with Crippen molar-refractivity contribution in [2.24, 2.45) is 33.4 Å². The second-order valence-electron chi connectivity index (χ2n) is 19.5. The number of H-pyrrole nitrogens is 1. The minimum Gasteiger partial charge on any atom is -0.481 e. The van der Waals surface area contributed by atoms with Gasteiger partial charge in [-0.15, -0.1) is 11.8 Å². The summed E-state index contributed by atoms with van der Waals surface area (Å²) in [6.07, 6.45) is -4.05. The molecule has 6 amide bonds. The van der Waals surface area contributed by atoms with E-state index >= 15 is 0 Å². The molecule has 1 aromatic carbocycles. The number of rotatable bonds is 37. The normalized spacial score (nSPS) is 14.9. The molecule has 0 radical (unpaired) electrons. The Labute approximate surface area is 486 Å². The average Bonchev–Trinajstić information content (AvgIpc) is 3.70. The molecular formula is C51H65N15O18S. The fourth-order valence-corrected chi connectivity index (χ4v) is 9.31. The number of aliphatic imine (C=N–C) groups is 1. The summed E-state index contributed by atoms with van der Waals surface area (Å²) in [5.74, 6) is -18.0. The third kappa shape index (κ3) is 22.8. The number of amides is 6. The molecule has 0 spiro atoms. The van der Waals surface area contributed by atoms with Gasteiger partial charge in [-0.05, 0) is 63.8 Å². The lowest BCUT2D eigenvalue weighted by Crippen LogP contribution is -2.48. The first-order valence-electron chi connectivity index (χ1n) is 26.1. The number of fused-ring (bicyclic) bond motifs is 1. The number of nitrogens with zero attached hydrogens (tertiary/aromatic N) is 6. The quantitative estimate of drug-likeness (QED) is 0.00995. The number of aliphatic carboxylic acids is 4. The minimum absolute atomic E-state index is 0.0174. The van der Waals surface area contributed by atoms with Crippen molar-refractivity contribution in [1.29, 1.82) is 0 Å². The number of carboxylic acids is 4. The highest BCUT2D eigenvalue weighted by Crippen LogP contribution is 2.27. The number of nitrogens with two attached hydrogens (primary N) is 3. The summed E-state index contributed by atoms with van der Waals surface area (Å²) in [6.45, 7) is 2.62. The number of hydrazone groups is 1. The van der Waals surface area contributed by atoms with Gasteiger partial charge in [0.2, 0.25) is 35.5 Å². The molecule has 1 aliphatic heterocycles. The number of guanidine groups is 1. The summed E-state index contributed by atoms with van der Waals surface area (Å²) in [5, 5.41) is 52.0. The number of likely N-dealkylation sites (tertiary alicyclic amines) is 1. The molecule has 3 heterocycles. The van der Waals surface area contributed by atoms with Crippen LogP contribution in [0.3, 0.4) is 0 Å². The second kappa shape index (κ2) is 32.8. The van der Waals surface area contributed by atoms with Crippen LogP contribution in [0.4, 0.5) is 11.6 Å². The minimum atomic E-state index is -1.82. The highest BCUT2D eigenvalue weighted by Gasteiger charge is 2.40. The van der Waals surface area contributed by atoms with E-state index in [-0.39, 0.29) is 86.2 Å². The number of carboxylic acid groups (broad SMARTS) is 4. The zero-order chi connectivity index (χ0) is 63.1. The first kappa shape index (κ1) is 67.7. The molecule has 0 bridgehead atoms. The highest BCUT2D eigenvalue weighted by atomic mass is 32.2. The molecule has 1 saturated heterocycles. The standard InChI is InChI=1S/C51H65N15O18S/c1-24(5-6-25(2)67)64-65-37(70)13-15-66-38(71)20-36(47(66)80)85-23-34(49(83)84)61-45(78)28(19-40(74)75)17-35(69)32(4-3-14-55-50(52)53)59-44(77)27(18-39(72)73)16-31(68)11-12-33(48(81)82)60-43(76)26-7-9-29(10-8-26)56-21-30-22-57-42-41(58-30)46(79)63-51(54)62-42/h7-10,22,27-28,32-34,36,56H,3-6,11-21,23H2,1-2H3,(H,59,77)(H,60,76)(H,61,78)(H,65,70)(H,72,73)(H,74,75)(H,81,82)(H,83,84)(H4,52,53,55)(H3,54,57,62,63,79)/b64-24-/t27-,28-,32-,33-,34-,36?/m0/s1. The van der Waals surface area contributed by atoms with Gasteiger partial charge in [0, 0.05) is 74.3 Å². The number of aromatic nitrogens is 4. The van der Waals surface area contributed by atoms with Gasteiger partial charge in [0.05, 0.1) is 54.4 Å². The predicted octanol–water partition coefficient (Wildman–Crippen LogP) is -1.81. The molecule has 34 heteroatoms. The first-order chi connectivity index (χ1) is 40.1. The van der Waals surface area contributed by atoms with Gasteiger partial charge in [-0.3, -0.25) is 67.6 Å². The molecule has 16 N–H and O–H groups in total. The summed E-state index contributed by atoms with van der Waals surface area (Å²) in [6, 6.07) is 0.652. The van der Waals surface area contributed by atoms with Crippen molar-refractivity contribution in [2.45, 2.75) is 121 Å². The molecule has 85 heavy (non-hydrogen) atoms. The van der Waals surface area contributed by atoms with E-state index in [0.29, 0.717) is 35.3 Å². The Morgan fingerprint density at radius 2 is 1.41 bits per heavy atom. The molecule has 1 fully saturated rings. The van der Waals surface area contributed by atoms with Gasteiger partial charge in [0.15, 0.2) is 22.9 Å². The van der Waals surface area contributed by atoms with E-state index in [1.54, 1.807) is 6.92 Å². The Morgan fingerprint density at radius 3 is 2.02 bits per heavy atom. The number of imide groups is 1. The number of Topliss-reactive ketones (excluding diaryl/α,β-unsaturated/α-hetero) is 3. The summed E-state index contributed by atoms with van der Waals surface area (Å²) >= 11 is 0.679. The fourth-order valence-electron chi connectivity index (χ4n) is 8.13. The van der Waals surface area contributed by atoms with E-state index < -0.39 is 156 Å². The molecule has 4 rings (SSSR count). The summed E-state index contributed by atoms with van der Waals surface area (Å²) in [7, 11) is 0. The average molecular weight is 1210 g/mol. The van der Waals surface area contributed by atoms with Gasteiger partial charge >= 0.3 is 23.9 Å². The highest BCUT2D eigenvalue weighted by molar-refractivity contribution is 8.00. The molecule has 1 unspecified atom stereocenters. The molecule has 0 aliphatic carbocycles. The smallest absolute Gasteiger partial charge is 0.327 e. The van der Waals surface area contributed by atoms with Gasteiger partial charge in [-0.2, -0.15) is 10.1 Å². The van der Waals surface area contributed by atoms with Gasteiger partial charge in [0.1, 0.15) is 23.7 Å². The van der Waals surface area contributed by atoms with Gasteiger partial charge in [-0.1, -0.05) is 0 Å². The largest absolute Gasteiger partial charge is 0.481 e. The number of hydrogen-bond donors (Lipinski definition) is 13. The van der Waals surface area contributed by atoms with Crippen LogP contribution in [0, 0.1) is 11.8 Å². The van der Waals surface area contributed by atoms with Crippen LogP contribution in [-0.2, 0) is 64.1 Å². The Morgan fingerprint density at radius 1 is 0.776 bits per heavy atom. The van der Waals surface area contributed by atoms with Crippen molar-refractivity contribution in [3.05, 3.63) is 52.1 Å². The fraction of sp³-hybridized carbons (Fsp3) is 0.471. The number of carbonyl (C=O) groups is 13. The van der Waals surface area contributed by atoms with E-state index in [9.17, 15) is 87.5 Å². The number of thioether (sulfide) groups is 1. The number of anilines is 2. The Hall–Kier alpha value is -9.76. The van der Waals surface area contributed by atoms with Crippen molar-refractivity contribution in [1.82, 2.24) is 46.2 Å². The van der Waals surface area contributed by atoms with E-state index in [0.717, 1.165) is 4.90 Å². The maximum atomic E-state index is 14.0. The Balaban J connectivity index is 1.37. The van der Waals surface area contributed by atoms with E-state index in [1.165, 1.54) is 37.4 Å². The SMILES string of the molecule is CC(=O)CC/C(C)=N\NC(=O)CCN1C(=O)CC(SC[C@H](NC(=O)[C@H](CC(=O)O)CC(=O)[C@H](CCCN=C(N)N)NC(=O)[C@H](CC(=O)O)CC(=O)CC[C@H](NC(=O)c2ccc(NCc3cnc4nc(N)[nH]c(=O)c4n3)cc2)C(=O)O)C(=O)O)C1=O. The maximum absolute atomic E-state index is 14.0. The summed E-state index contributed by atoms with van der Waals surface area (Å²) < 4.78 is 0. The van der Waals surface area contributed by atoms with Crippen LogP contribution in [0.2, 0.25) is 0 Å². The first-order valence-corrected chi connectivity index (χ1v) is 27.2. The molecular weight excluding hydrogens is 1140 g/mol. The Bertz CT molecular complexity index is 3170. The zero-order valence-electron chi connectivity index (χ0n) is 46.0. The molecule has 0 saturated carbocycles. The van der Waals surface area contributed by atoms with Crippen LogP contribution in [-0.4, -0.2) is 176 Å². The van der Waals surface area contributed by atoms with Crippen LogP contribution in [0.1, 0.15) is 107 Å². The molecule has 458 valence electrons. The van der Waals surface area contributed by atoms with E-state index in [4.69, 9.17) is 17.2 Å². The number of nitrogen functional groups attached to an aromatic ring is 1. The van der Waals surface area contributed by atoms with Gasteiger partial charge in [-0.25, -0.2) is 25.0 Å². The van der Waals surface area contributed by atoms with Crippen LogP contribution >= 0.6 is 11.8 Å². The predicted molar refractivity (Wildman–Crippen MR) is 300 cm³/mol. The van der Waals surface area contributed by atoms with Crippen molar-refractivity contribution < 1.29 is 82.8 Å². The van der Waals surface area contributed by atoms with Crippen LogP contribution in [0.25, 0.3) is 11.2 Å².